The smallest absolute Gasteiger partial charge is 0.253 e. The Morgan fingerprint density at radius 1 is 1.17 bits per heavy atom. The average Bonchev–Trinajstić information content (AvgIpc) is 2.90. The average molecular weight is 329 g/mol. The zero-order valence-corrected chi connectivity index (χ0v) is 14.7. The van der Waals surface area contributed by atoms with Crippen LogP contribution in [0.2, 0.25) is 0 Å². The molecule has 0 atom stereocenters. The molecule has 6 heteroatoms. The van der Waals surface area contributed by atoms with Crippen molar-refractivity contribution in [3.63, 3.8) is 0 Å². The third kappa shape index (κ3) is 4.68. The number of aryl methyl sites for hydroxylation is 1. The lowest BCUT2D eigenvalue weighted by Crippen LogP contribution is -2.40. The summed E-state index contributed by atoms with van der Waals surface area (Å²) in [6, 6.07) is 8.42. The van der Waals surface area contributed by atoms with E-state index in [9.17, 15) is 9.59 Å². The van der Waals surface area contributed by atoms with Gasteiger partial charge in [0.1, 0.15) is 11.5 Å². The Morgan fingerprint density at radius 3 is 2.25 bits per heavy atom. The molecule has 0 spiro atoms. The molecule has 0 aliphatic rings. The van der Waals surface area contributed by atoms with E-state index < -0.39 is 0 Å². The number of aromatic nitrogens is 1. The molecule has 0 unspecified atom stereocenters. The Labute approximate surface area is 141 Å². The second-order valence-electron chi connectivity index (χ2n) is 6.87. The highest BCUT2D eigenvalue weighted by molar-refractivity contribution is 5.97. The molecule has 1 N–H and O–H groups in total. The van der Waals surface area contributed by atoms with Crippen molar-refractivity contribution in [3.8, 4) is 0 Å². The van der Waals surface area contributed by atoms with E-state index in [-0.39, 0.29) is 17.4 Å². The fraction of sp³-hybridized carbons (Fsp3) is 0.389. The van der Waals surface area contributed by atoms with Crippen molar-refractivity contribution in [2.24, 2.45) is 0 Å². The summed E-state index contributed by atoms with van der Waals surface area (Å²) in [5.74, 6) is 0.409. The van der Waals surface area contributed by atoms with Crippen LogP contribution in [0.25, 0.3) is 0 Å². The van der Waals surface area contributed by atoms with E-state index in [1.54, 1.807) is 49.2 Å². The standard InChI is InChI=1S/C18H23N3O3/c1-12-10-15(20-24-12)11-21(5)17(23)14-8-6-13(7-9-14)16(22)19-18(2,3)4/h6-10H,11H2,1-5H3,(H,19,22). The lowest BCUT2D eigenvalue weighted by Gasteiger charge is -2.20. The van der Waals surface area contributed by atoms with Crippen molar-refractivity contribution in [2.75, 3.05) is 7.05 Å². The topological polar surface area (TPSA) is 75.4 Å². The van der Waals surface area contributed by atoms with Gasteiger partial charge < -0.3 is 14.7 Å². The summed E-state index contributed by atoms with van der Waals surface area (Å²) in [5, 5.41) is 6.77. The predicted molar refractivity (Wildman–Crippen MR) is 90.7 cm³/mol. The molecular formula is C18H23N3O3. The molecule has 128 valence electrons. The molecular weight excluding hydrogens is 306 g/mol. The minimum Gasteiger partial charge on any atom is -0.361 e. The first-order valence-corrected chi connectivity index (χ1v) is 7.76. The molecule has 0 aliphatic heterocycles. The number of rotatable bonds is 4. The maximum absolute atomic E-state index is 12.4. The summed E-state index contributed by atoms with van der Waals surface area (Å²) in [6.07, 6.45) is 0. The molecule has 1 heterocycles. The molecule has 2 amide bonds. The van der Waals surface area contributed by atoms with Crippen LogP contribution < -0.4 is 5.32 Å². The Bertz CT molecular complexity index is 727. The van der Waals surface area contributed by atoms with Gasteiger partial charge in [-0.2, -0.15) is 0 Å². The van der Waals surface area contributed by atoms with Gasteiger partial charge in [-0.25, -0.2) is 0 Å². The van der Waals surface area contributed by atoms with E-state index in [0.29, 0.717) is 29.1 Å². The van der Waals surface area contributed by atoms with Gasteiger partial charge in [0.25, 0.3) is 11.8 Å². The van der Waals surface area contributed by atoms with Crippen LogP contribution in [-0.2, 0) is 6.54 Å². The Morgan fingerprint density at radius 2 is 1.75 bits per heavy atom. The number of carbonyl (C=O) groups excluding carboxylic acids is 2. The molecule has 0 bridgehead atoms. The summed E-state index contributed by atoms with van der Waals surface area (Å²) in [7, 11) is 1.70. The molecule has 0 aliphatic carbocycles. The van der Waals surface area contributed by atoms with Gasteiger partial charge in [-0.1, -0.05) is 5.16 Å². The molecule has 0 saturated carbocycles. The van der Waals surface area contributed by atoms with E-state index in [2.05, 4.69) is 10.5 Å². The summed E-state index contributed by atoms with van der Waals surface area (Å²) in [5.41, 5.74) is 1.44. The number of nitrogens with zero attached hydrogens (tertiary/aromatic N) is 2. The lowest BCUT2D eigenvalue weighted by atomic mass is 10.1. The summed E-state index contributed by atoms with van der Waals surface area (Å²) in [6.45, 7) is 7.93. The highest BCUT2D eigenvalue weighted by atomic mass is 16.5. The van der Waals surface area contributed by atoms with Gasteiger partial charge in [0.15, 0.2) is 0 Å². The van der Waals surface area contributed by atoms with Crippen molar-refractivity contribution in [3.05, 3.63) is 52.9 Å². The van der Waals surface area contributed by atoms with Crippen LogP contribution in [0, 0.1) is 6.92 Å². The van der Waals surface area contributed by atoms with Crippen molar-refractivity contribution >= 4 is 11.8 Å². The van der Waals surface area contributed by atoms with Crippen LogP contribution in [0.15, 0.2) is 34.9 Å². The van der Waals surface area contributed by atoms with Crippen LogP contribution in [0.3, 0.4) is 0 Å². The molecule has 24 heavy (non-hydrogen) atoms. The largest absolute Gasteiger partial charge is 0.361 e. The molecule has 1 aromatic carbocycles. The van der Waals surface area contributed by atoms with Gasteiger partial charge in [0.2, 0.25) is 0 Å². The van der Waals surface area contributed by atoms with Gasteiger partial charge in [0.05, 0.1) is 6.54 Å². The van der Waals surface area contributed by atoms with Crippen LogP contribution in [0.1, 0.15) is 52.9 Å². The first-order valence-electron chi connectivity index (χ1n) is 7.76. The summed E-state index contributed by atoms with van der Waals surface area (Å²) >= 11 is 0. The number of hydrogen-bond acceptors (Lipinski definition) is 4. The minimum absolute atomic E-state index is 0.140. The van der Waals surface area contributed by atoms with Gasteiger partial charge in [-0.15, -0.1) is 0 Å². The highest BCUT2D eigenvalue weighted by Crippen LogP contribution is 2.11. The maximum atomic E-state index is 12.4. The number of carbonyl (C=O) groups is 2. The van der Waals surface area contributed by atoms with E-state index in [0.717, 1.165) is 0 Å². The zero-order chi connectivity index (χ0) is 17.9. The Balaban J connectivity index is 2.04. The summed E-state index contributed by atoms with van der Waals surface area (Å²) < 4.78 is 5.00. The van der Waals surface area contributed by atoms with Gasteiger partial charge in [-0.3, -0.25) is 9.59 Å². The molecule has 2 aromatic rings. The first-order chi connectivity index (χ1) is 11.2. The fourth-order valence-electron chi connectivity index (χ4n) is 2.20. The van der Waals surface area contributed by atoms with Gasteiger partial charge in [0, 0.05) is 29.8 Å². The maximum Gasteiger partial charge on any atom is 0.253 e. The van der Waals surface area contributed by atoms with Crippen molar-refractivity contribution in [2.45, 2.75) is 39.8 Å². The van der Waals surface area contributed by atoms with E-state index in [1.165, 1.54) is 0 Å². The molecule has 0 fully saturated rings. The Kier molecular flexibility index (Phi) is 5.07. The van der Waals surface area contributed by atoms with Crippen LogP contribution >= 0.6 is 0 Å². The minimum atomic E-state index is -0.304. The van der Waals surface area contributed by atoms with Crippen LogP contribution in [-0.4, -0.2) is 34.5 Å². The van der Waals surface area contributed by atoms with Crippen molar-refractivity contribution in [1.29, 1.82) is 0 Å². The van der Waals surface area contributed by atoms with E-state index in [4.69, 9.17) is 4.52 Å². The second-order valence-corrected chi connectivity index (χ2v) is 6.87. The quantitative estimate of drug-likeness (QED) is 0.936. The Hall–Kier alpha value is -2.63. The number of hydrogen-bond donors (Lipinski definition) is 1. The van der Waals surface area contributed by atoms with Crippen LogP contribution in [0.5, 0.6) is 0 Å². The predicted octanol–water partition coefficient (Wildman–Crippen LogP) is 2.78. The first kappa shape index (κ1) is 17.7. The number of nitrogens with one attached hydrogen (secondary N) is 1. The highest BCUT2D eigenvalue weighted by Gasteiger charge is 2.17. The van der Waals surface area contributed by atoms with Gasteiger partial charge >= 0.3 is 0 Å². The van der Waals surface area contributed by atoms with Gasteiger partial charge in [-0.05, 0) is 52.0 Å². The lowest BCUT2D eigenvalue weighted by molar-refractivity contribution is 0.0781. The van der Waals surface area contributed by atoms with Crippen molar-refractivity contribution in [1.82, 2.24) is 15.4 Å². The van der Waals surface area contributed by atoms with Crippen molar-refractivity contribution < 1.29 is 14.1 Å². The molecule has 0 saturated heterocycles. The SMILES string of the molecule is Cc1cc(CN(C)C(=O)c2ccc(C(=O)NC(C)(C)C)cc2)no1. The van der Waals surface area contributed by atoms with Crippen LogP contribution in [0.4, 0.5) is 0 Å². The molecule has 1 aromatic heterocycles. The molecule has 2 rings (SSSR count). The fourth-order valence-corrected chi connectivity index (χ4v) is 2.20. The number of benzene rings is 1. The normalized spacial score (nSPS) is 11.2. The third-order valence-corrected chi connectivity index (χ3v) is 3.31. The monoisotopic (exact) mass is 329 g/mol. The summed E-state index contributed by atoms with van der Waals surface area (Å²) in [4.78, 5) is 26.1. The molecule has 0 radical (unpaired) electrons. The van der Waals surface area contributed by atoms with E-state index >= 15 is 0 Å². The zero-order valence-electron chi connectivity index (χ0n) is 14.7. The molecule has 6 nitrogen and oxygen atoms in total. The second kappa shape index (κ2) is 6.86. The van der Waals surface area contributed by atoms with E-state index in [1.807, 2.05) is 20.8 Å². The number of amides is 2. The third-order valence-electron chi connectivity index (χ3n) is 3.31.